The minimum atomic E-state index is -0.331. The SMILES string of the molecule is Cc1cc2c(n1CCC(=O)NC(C)(C)C)CCCC2O. The van der Waals surface area contributed by atoms with Gasteiger partial charge in [-0.25, -0.2) is 0 Å². The Morgan fingerprint density at radius 2 is 2.20 bits per heavy atom. The minimum Gasteiger partial charge on any atom is -0.388 e. The Hall–Kier alpha value is -1.29. The second-order valence-electron chi connectivity index (χ2n) is 6.80. The number of fused-ring (bicyclic) bond motifs is 1. The maximum atomic E-state index is 11.9. The lowest BCUT2D eigenvalue weighted by Crippen LogP contribution is -2.40. The number of carbonyl (C=O) groups excluding carboxylic acids is 1. The fourth-order valence-corrected chi connectivity index (χ4v) is 2.95. The van der Waals surface area contributed by atoms with E-state index in [0.717, 1.165) is 30.5 Å². The molecular formula is C16H26N2O2. The lowest BCUT2D eigenvalue weighted by molar-refractivity contribution is -0.122. The molecule has 1 amide bonds. The Labute approximate surface area is 121 Å². The van der Waals surface area contributed by atoms with Crippen LogP contribution in [-0.2, 0) is 17.8 Å². The average Bonchev–Trinajstić information content (AvgIpc) is 2.62. The number of amides is 1. The molecule has 112 valence electrons. The molecule has 0 saturated carbocycles. The molecule has 0 spiro atoms. The highest BCUT2D eigenvalue weighted by atomic mass is 16.3. The van der Waals surface area contributed by atoms with E-state index in [1.807, 2.05) is 27.7 Å². The van der Waals surface area contributed by atoms with E-state index >= 15 is 0 Å². The molecule has 1 aromatic heterocycles. The lowest BCUT2D eigenvalue weighted by atomic mass is 9.95. The molecule has 0 aliphatic heterocycles. The molecule has 1 aliphatic rings. The molecule has 4 heteroatoms. The normalized spacial score (nSPS) is 18.8. The summed E-state index contributed by atoms with van der Waals surface area (Å²) in [6.07, 6.45) is 3.02. The van der Waals surface area contributed by atoms with E-state index in [2.05, 4.69) is 16.0 Å². The van der Waals surface area contributed by atoms with Crippen molar-refractivity contribution in [1.29, 1.82) is 0 Å². The number of carbonyl (C=O) groups is 1. The van der Waals surface area contributed by atoms with Gasteiger partial charge in [-0.2, -0.15) is 0 Å². The number of rotatable bonds is 3. The first-order valence-corrected chi connectivity index (χ1v) is 7.46. The molecule has 2 N–H and O–H groups in total. The van der Waals surface area contributed by atoms with Crippen LogP contribution in [-0.4, -0.2) is 21.1 Å². The van der Waals surface area contributed by atoms with E-state index in [-0.39, 0.29) is 17.6 Å². The van der Waals surface area contributed by atoms with E-state index in [1.54, 1.807) is 0 Å². The summed E-state index contributed by atoms with van der Waals surface area (Å²) in [4.78, 5) is 11.9. The quantitative estimate of drug-likeness (QED) is 0.892. The second-order valence-corrected chi connectivity index (χ2v) is 6.80. The minimum absolute atomic E-state index is 0.0794. The Bertz CT molecular complexity index is 497. The predicted molar refractivity (Wildman–Crippen MR) is 79.6 cm³/mol. The van der Waals surface area contributed by atoms with Crippen LogP contribution in [0.25, 0.3) is 0 Å². The lowest BCUT2D eigenvalue weighted by Gasteiger charge is -2.22. The largest absolute Gasteiger partial charge is 0.388 e. The molecule has 1 atom stereocenters. The molecule has 0 radical (unpaired) electrons. The van der Waals surface area contributed by atoms with Crippen molar-refractivity contribution in [1.82, 2.24) is 9.88 Å². The summed E-state index contributed by atoms with van der Waals surface area (Å²) in [7, 11) is 0. The van der Waals surface area contributed by atoms with Gasteiger partial charge < -0.3 is 15.0 Å². The highest BCUT2D eigenvalue weighted by Crippen LogP contribution is 2.32. The zero-order valence-electron chi connectivity index (χ0n) is 13.0. The molecule has 1 aliphatic carbocycles. The molecule has 1 aromatic rings. The van der Waals surface area contributed by atoms with Crippen molar-refractivity contribution in [3.63, 3.8) is 0 Å². The number of nitrogens with zero attached hydrogens (tertiary/aromatic N) is 1. The molecule has 4 nitrogen and oxygen atoms in total. The summed E-state index contributed by atoms with van der Waals surface area (Å²) in [5.41, 5.74) is 3.23. The number of aromatic nitrogens is 1. The first-order chi connectivity index (χ1) is 9.28. The Balaban J connectivity index is 2.05. The first kappa shape index (κ1) is 15.1. The molecule has 0 fully saturated rings. The highest BCUT2D eigenvalue weighted by molar-refractivity contribution is 5.76. The van der Waals surface area contributed by atoms with Gasteiger partial charge in [-0.15, -0.1) is 0 Å². The number of nitrogens with one attached hydrogen (secondary N) is 1. The van der Waals surface area contributed by atoms with Gasteiger partial charge in [0, 0.05) is 35.5 Å². The van der Waals surface area contributed by atoms with Gasteiger partial charge in [0.2, 0.25) is 5.91 Å². The summed E-state index contributed by atoms with van der Waals surface area (Å²) in [6, 6.07) is 2.07. The van der Waals surface area contributed by atoms with E-state index in [4.69, 9.17) is 0 Å². The molecule has 1 heterocycles. The van der Waals surface area contributed by atoms with Gasteiger partial charge in [-0.05, 0) is 53.0 Å². The number of aryl methyl sites for hydroxylation is 1. The predicted octanol–water partition coefficient (Wildman–Crippen LogP) is 2.47. The van der Waals surface area contributed by atoms with Crippen molar-refractivity contribution >= 4 is 5.91 Å². The number of aliphatic hydroxyl groups is 1. The summed E-state index contributed by atoms with van der Waals surface area (Å²) < 4.78 is 2.19. The molecule has 20 heavy (non-hydrogen) atoms. The molecule has 0 bridgehead atoms. The van der Waals surface area contributed by atoms with Crippen molar-refractivity contribution in [3.05, 3.63) is 23.0 Å². The third kappa shape index (κ3) is 3.42. The summed E-state index contributed by atoms with van der Waals surface area (Å²) in [6.45, 7) is 8.71. The van der Waals surface area contributed by atoms with Crippen LogP contribution in [0.5, 0.6) is 0 Å². The zero-order valence-corrected chi connectivity index (χ0v) is 13.0. The van der Waals surface area contributed by atoms with Crippen LogP contribution in [0.15, 0.2) is 6.07 Å². The highest BCUT2D eigenvalue weighted by Gasteiger charge is 2.23. The summed E-state index contributed by atoms with van der Waals surface area (Å²) in [5, 5.41) is 13.0. The van der Waals surface area contributed by atoms with Crippen LogP contribution < -0.4 is 5.32 Å². The van der Waals surface area contributed by atoms with Crippen LogP contribution in [0.4, 0.5) is 0 Å². The fourth-order valence-electron chi connectivity index (χ4n) is 2.95. The maximum absolute atomic E-state index is 11.9. The third-order valence-corrected chi connectivity index (χ3v) is 3.78. The number of aliphatic hydroxyl groups excluding tert-OH is 1. The van der Waals surface area contributed by atoms with Gasteiger partial charge in [-0.1, -0.05) is 0 Å². The van der Waals surface area contributed by atoms with E-state index in [0.29, 0.717) is 13.0 Å². The number of hydrogen-bond donors (Lipinski definition) is 2. The van der Waals surface area contributed by atoms with Gasteiger partial charge in [0.05, 0.1) is 6.10 Å². The molecule has 0 aromatic carbocycles. The van der Waals surface area contributed by atoms with Crippen molar-refractivity contribution in [2.45, 2.75) is 71.6 Å². The Kier molecular flexibility index (Phi) is 4.23. The third-order valence-electron chi connectivity index (χ3n) is 3.78. The Morgan fingerprint density at radius 3 is 2.85 bits per heavy atom. The molecule has 2 rings (SSSR count). The van der Waals surface area contributed by atoms with Crippen LogP contribution in [0.1, 0.15) is 63.1 Å². The topological polar surface area (TPSA) is 54.3 Å². The van der Waals surface area contributed by atoms with Gasteiger partial charge in [0.1, 0.15) is 0 Å². The van der Waals surface area contributed by atoms with Crippen LogP contribution in [0.3, 0.4) is 0 Å². The van der Waals surface area contributed by atoms with Crippen molar-refractivity contribution in [2.24, 2.45) is 0 Å². The van der Waals surface area contributed by atoms with Crippen molar-refractivity contribution < 1.29 is 9.90 Å². The van der Waals surface area contributed by atoms with Crippen LogP contribution >= 0.6 is 0 Å². The maximum Gasteiger partial charge on any atom is 0.222 e. The van der Waals surface area contributed by atoms with E-state index < -0.39 is 0 Å². The van der Waals surface area contributed by atoms with E-state index in [9.17, 15) is 9.90 Å². The van der Waals surface area contributed by atoms with Gasteiger partial charge in [0.25, 0.3) is 0 Å². The molecule has 0 saturated heterocycles. The van der Waals surface area contributed by atoms with Crippen molar-refractivity contribution in [2.75, 3.05) is 0 Å². The van der Waals surface area contributed by atoms with Gasteiger partial charge >= 0.3 is 0 Å². The smallest absolute Gasteiger partial charge is 0.222 e. The van der Waals surface area contributed by atoms with Gasteiger partial charge in [-0.3, -0.25) is 4.79 Å². The zero-order chi connectivity index (χ0) is 14.9. The summed E-state index contributed by atoms with van der Waals surface area (Å²) in [5.74, 6) is 0.0794. The molecular weight excluding hydrogens is 252 g/mol. The van der Waals surface area contributed by atoms with Gasteiger partial charge in [0.15, 0.2) is 0 Å². The Morgan fingerprint density at radius 1 is 1.50 bits per heavy atom. The monoisotopic (exact) mass is 278 g/mol. The average molecular weight is 278 g/mol. The molecule has 1 unspecified atom stereocenters. The van der Waals surface area contributed by atoms with Crippen molar-refractivity contribution in [3.8, 4) is 0 Å². The second kappa shape index (κ2) is 5.60. The first-order valence-electron chi connectivity index (χ1n) is 7.46. The van der Waals surface area contributed by atoms with Crippen LogP contribution in [0, 0.1) is 6.92 Å². The standard InChI is InChI=1S/C16H26N2O2/c1-11-10-12-13(6-5-7-14(12)19)18(11)9-8-15(20)17-16(2,3)4/h10,14,19H,5-9H2,1-4H3,(H,17,20). The van der Waals surface area contributed by atoms with Crippen LogP contribution in [0.2, 0.25) is 0 Å². The number of hydrogen-bond acceptors (Lipinski definition) is 2. The fraction of sp³-hybridized carbons (Fsp3) is 0.688. The van der Waals surface area contributed by atoms with E-state index in [1.165, 1.54) is 5.69 Å². The summed E-state index contributed by atoms with van der Waals surface area (Å²) >= 11 is 0.